The zero-order valence-corrected chi connectivity index (χ0v) is 11.0. The van der Waals surface area contributed by atoms with Gasteiger partial charge in [0.1, 0.15) is 5.84 Å². The van der Waals surface area contributed by atoms with Crippen molar-refractivity contribution >= 4 is 15.7 Å². The fraction of sp³-hybridized carbons (Fsp3) is 0.0714. The summed E-state index contributed by atoms with van der Waals surface area (Å²) in [6.45, 7) is 0. The van der Waals surface area contributed by atoms with Crippen LogP contribution in [0.1, 0.15) is 11.1 Å². The van der Waals surface area contributed by atoms with E-state index in [-0.39, 0.29) is 16.5 Å². The molecule has 4 nitrogen and oxygen atoms in total. The lowest BCUT2D eigenvalue weighted by molar-refractivity contribution is 0.595. The normalized spacial score (nSPS) is 11.2. The Kier molecular flexibility index (Phi) is 3.66. The monoisotopic (exact) mass is 274 g/mol. The zero-order chi connectivity index (χ0) is 13.9. The highest BCUT2D eigenvalue weighted by Gasteiger charge is 2.17. The van der Waals surface area contributed by atoms with Gasteiger partial charge in [-0.3, -0.25) is 5.41 Å². The van der Waals surface area contributed by atoms with Gasteiger partial charge in [-0.25, -0.2) is 8.42 Å². The van der Waals surface area contributed by atoms with Gasteiger partial charge in [-0.05, 0) is 17.7 Å². The van der Waals surface area contributed by atoms with Crippen molar-refractivity contribution in [2.75, 3.05) is 0 Å². The highest BCUT2D eigenvalue weighted by molar-refractivity contribution is 7.90. The molecule has 2 aromatic rings. The van der Waals surface area contributed by atoms with Crippen LogP contribution in [0.2, 0.25) is 0 Å². The van der Waals surface area contributed by atoms with Crippen molar-refractivity contribution in [3.05, 3.63) is 65.7 Å². The molecule has 0 atom stereocenters. The lowest BCUT2D eigenvalue weighted by Gasteiger charge is -2.09. The van der Waals surface area contributed by atoms with E-state index in [1.807, 2.05) is 0 Å². The SMILES string of the molecule is N=C(N)c1ccccc1CS(=O)(=O)c1ccccc1. The Labute approximate surface area is 112 Å². The molecule has 0 radical (unpaired) electrons. The molecule has 2 rings (SSSR count). The molecule has 0 aliphatic rings. The molecule has 0 heterocycles. The second kappa shape index (κ2) is 5.24. The van der Waals surface area contributed by atoms with Crippen LogP contribution < -0.4 is 5.73 Å². The molecule has 98 valence electrons. The Bertz CT molecular complexity index is 694. The van der Waals surface area contributed by atoms with Crippen molar-refractivity contribution < 1.29 is 8.42 Å². The van der Waals surface area contributed by atoms with Gasteiger partial charge in [-0.1, -0.05) is 42.5 Å². The molecule has 0 aromatic heterocycles. The molecule has 0 aliphatic carbocycles. The minimum absolute atomic E-state index is 0.126. The van der Waals surface area contributed by atoms with E-state index in [2.05, 4.69) is 0 Å². The van der Waals surface area contributed by atoms with Crippen molar-refractivity contribution in [3.8, 4) is 0 Å². The van der Waals surface area contributed by atoms with Crippen LogP contribution in [0.4, 0.5) is 0 Å². The Morgan fingerprint density at radius 3 is 2.21 bits per heavy atom. The molecular weight excluding hydrogens is 260 g/mol. The highest BCUT2D eigenvalue weighted by atomic mass is 32.2. The third-order valence-corrected chi connectivity index (χ3v) is 4.44. The van der Waals surface area contributed by atoms with E-state index in [4.69, 9.17) is 11.1 Å². The zero-order valence-electron chi connectivity index (χ0n) is 10.2. The number of nitrogens with two attached hydrogens (primary N) is 1. The van der Waals surface area contributed by atoms with Gasteiger partial charge >= 0.3 is 0 Å². The van der Waals surface area contributed by atoms with Crippen LogP contribution in [0.3, 0.4) is 0 Å². The number of benzene rings is 2. The summed E-state index contributed by atoms with van der Waals surface area (Å²) in [4.78, 5) is 0.272. The quantitative estimate of drug-likeness (QED) is 0.660. The molecule has 0 unspecified atom stereocenters. The molecule has 0 fully saturated rings. The first kappa shape index (κ1) is 13.3. The van der Waals surface area contributed by atoms with E-state index in [9.17, 15) is 8.42 Å². The van der Waals surface area contributed by atoms with E-state index in [1.165, 1.54) is 0 Å². The minimum Gasteiger partial charge on any atom is -0.384 e. The Balaban J connectivity index is 2.39. The summed E-state index contributed by atoms with van der Waals surface area (Å²) in [7, 11) is -3.42. The Hall–Kier alpha value is -2.14. The number of hydrogen-bond donors (Lipinski definition) is 2. The van der Waals surface area contributed by atoms with Crippen LogP contribution in [0.15, 0.2) is 59.5 Å². The minimum atomic E-state index is -3.42. The summed E-state index contributed by atoms with van der Waals surface area (Å²) in [5.41, 5.74) is 6.46. The van der Waals surface area contributed by atoms with E-state index >= 15 is 0 Å². The molecule has 0 spiro atoms. The van der Waals surface area contributed by atoms with Crippen LogP contribution in [0.5, 0.6) is 0 Å². The molecule has 5 heteroatoms. The fourth-order valence-electron chi connectivity index (χ4n) is 1.82. The molecule has 0 saturated heterocycles. The van der Waals surface area contributed by atoms with Crippen molar-refractivity contribution in [2.45, 2.75) is 10.6 Å². The van der Waals surface area contributed by atoms with Crippen LogP contribution in [0.25, 0.3) is 0 Å². The first-order chi connectivity index (χ1) is 9.00. The number of rotatable bonds is 4. The number of sulfone groups is 1. The van der Waals surface area contributed by atoms with Gasteiger partial charge in [0.05, 0.1) is 10.6 Å². The van der Waals surface area contributed by atoms with Crippen molar-refractivity contribution in [2.24, 2.45) is 5.73 Å². The smallest absolute Gasteiger partial charge is 0.182 e. The summed E-state index contributed by atoms with van der Waals surface area (Å²) in [6.07, 6.45) is 0. The van der Waals surface area contributed by atoms with E-state index < -0.39 is 9.84 Å². The van der Waals surface area contributed by atoms with Gasteiger partial charge < -0.3 is 5.73 Å². The highest BCUT2D eigenvalue weighted by Crippen LogP contribution is 2.18. The topological polar surface area (TPSA) is 84.0 Å². The van der Waals surface area contributed by atoms with Crippen LogP contribution in [-0.4, -0.2) is 14.3 Å². The molecule has 3 N–H and O–H groups in total. The standard InChI is InChI=1S/C14H14N2O2S/c15-14(16)13-9-5-4-6-11(13)10-19(17,18)12-7-2-1-3-8-12/h1-9H,10H2,(H3,15,16). The maximum atomic E-state index is 12.3. The number of hydrogen-bond acceptors (Lipinski definition) is 3. The van der Waals surface area contributed by atoms with Crippen molar-refractivity contribution in [1.82, 2.24) is 0 Å². The predicted molar refractivity (Wildman–Crippen MR) is 74.8 cm³/mol. The third-order valence-electron chi connectivity index (χ3n) is 2.76. The van der Waals surface area contributed by atoms with Gasteiger partial charge in [0.2, 0.25) is 0 Å². The predicted octanol–water partition coefficient (Wildman–Crippen LogP) is 1.94. The van der Waals surface area contributed by atoms with Gasteiger partial charge in [0.15, 0.2) is 9.84 Å². The van der Waals surface area contributed by atoms with E-state index in [0.29, 0.717) is 11.1 Å². The van der Waals surface area contributed by atoms with E-state index in [0.717, 1.165) is 0 Å². The summed E-state index contributed by atoms with van der Waals surface area (Å²) in [5.74, 6) is -0.286. The summed E-state index contributed by atoms with van der Waals surface area (Å²) >= 11 is 0. The number of nitrogen functional groups attached to an aromatic ring is 1. The fourth-order valence-corrected chi connectivity index (χ4v) is 3.22. The Morgan fingerprint density at radius 1 is 1.00 bits per heavy atom. The molecule has 0 amide bonds. The summed E-state index contributed by atoms with van der Waals surface area (Å²) in [6, 6.07) is 15.1. The van der Waals surface area contributed by atoms with Gasteiger partial charge in [-0.2, -0.15) is 0 Å². The van der Waals surface area contributed by atoms with E-state index in [1.54, 1.807) is 54.6 Å². The van der Waals surface area contributed by atoms with Crippen LogP contribution >= 0.6 is 0 Å². The first-order valence-electron chi connectivity index (χ1n) is 5.71. The van der Waals surface area contributed by atoms with Crippen molar-refractivity contribution in [3.63, 3.8) is 0 Å². The average molecular weight is 274 g/mol. The summed E-state index contributed by atoms with van der Waals surface area (Å²) in [5, 5.41) is 7.47. The second-order valence-electron chi connectivity index (χ2n) is 4.14. The second-order valence-corrected chi connectivity index (χ2v) is 6.13. The van der Waals surface area contributed by atoms with Gasteiger partial charge in [-0.15, -0.1) is 0 Å². The van der Waals surface area contributed by atoms with Gasteiger partial charge in [0.25, 0.3) is 0 Å². The lowest BCUT2D eigenvalue weighted by Crippen LogP contribution is -2.15. The van der Waals surface area contributed by atoms with Gasteiger partial charge in [0, 0.05) is 5.56 Å². The maximum absolute atomic E-state index is 12.3. The van der Waals surface area contributed by atoms with Crippen LogP contribution in [-0.2, 0) is 15.6 Å². The summed E-state index contributed by atoms with van der Waals surface area (Å²) < 4.78 is 24.5. The third kappa shape index (κ3) is 3.00. The molecule has 2 aromatic carbocycles. The average Bonchev–Trinajstić information content (AvgIpc) is 2.39. The maximum Gasteiger partial charge on any atom is 0.182 e. The molecular formula is C14H14N2O2S. The number of amidine groups is 1. The first-order valence-corrected chi connectivity index (χ1v) is 7.36. The lowest BCUT2D eigenvalue weighted by atomic mass is 10.1. The molecule has 0 aliphatic heterocycles. The molecule has 0 saturated carbocycles. The molecule has 0 bridgehead atoms. The van der Waals surface area contributed by atoms with Crippen LogP contribution in [0, 0.1) is 5.41 Å². The molecule has 19 heavy (non-hydrogen) atoms. The van der Waals surface area contributed by atoms with Crippen molar-refractivity contribution in [1.29, 1.82) is 5.41 Å². The Morgan fingerprint density at radius 2 is 1.58 bits per heavy atom. The number of nitrogens with one attached hydrogen (secondary N) is 1. The largest absolute Gasteiger partial charge is 0.384 e.